The smallest absolute Gasteiger partial charge is 0.318 e. The maximum Gasteiger partial charge on any atom is 0.318 e. The molecule has 1 aromatic carbocycles. The van der Waals surface area contributed by atoms with Gasteiger partial charge in [-0.3, -0.25) is 5.41 Å². The van der Waals surface area contributed by atoms with Crippen molar-refractivity contribution in [2.24, 2.45) is 5.73 Å². The van der Waals surface area contributed by atoms with E-state index in [9.17, 15) is 4.79 Å². The molecule has 0 aliphatic rings. The van der Waals surface area contributed by atoms with Gasteiger partial charge in [-0.25, -0.2) is 4.79 Å². The molecular formula is C12H18N4O. The quantitative estimate of drug-likeness (QED) is 0.539. The van der Waals surface area contributed by atoms with E-state index in [1.165, 1.54) is 4.90 Å². The minimum Gasteiger partial charge on any atom is -0.386 e. The first-order valence-electron chi connectivity index (χ1n) is 5.41. The van der Waals surface area contributed by atoms with Crippen LogP contribution in [0.4, 0.5) is 4.79 Å². The van der Waals surface area contributed by atoms with Crippen molar-refractivity contribution in [1.29, 1.82) is 5.41 Å². The van der Waals surface area contributed by atoms with Crippen LogP contribution in [0.3, 0.4) is 0 Å². The van der Waals surface area contributed by atoms with Gasteiger partial charge >= 0.3 is 6.03 Å². The van der Waals surface area contributed by atoms with E-state index in [1.54, 1.807) is 14.0 Å². The molecule has 92 valence electrons. The van der Waals surface area contributed by atoms with Crippen molar-refractivity contribution >= 4 is 11.9 Å². The standard InChI is InChI=1S/C12H18N4O/c1-9(11(13)14)16(2)12(17)15-8-10-6-4-3-5-7-10/h3-7,9H,8H2,1-2H3,(H3,13,14)(H,15,17). The summed E-state index contributed by atoms with van der Waals surface area (Å²) in [7, 11) is 1.62. The van der Waals surface area contributed by atoms with E-state index in [2.05, 4.69) is 5.32 Å². The minimum atomic E-state index is -0.397. The Bertz CT molecular complexity index is 391. The van der Waals surface area contributed by atoms with Crippen molar-refractivity contribution in [2.75, 3.05) is 7.05 Å². The molecule has 4 N–H and O–H groups in total. The van der Waals surface area contributed by atoms with Gasteiger partial charge < -0.3 is 16.0 Å². The highest BCUT2D eigenvalue weighted by molar-refractivity contribution is 5.87. The summed E-state index contributed by atoms with van der Waals surface area (Å²) in [5.41, 5.74) is 6.38. The molecule has 0 aliphatic heterocycles. The van der Waals surface area contributed by atoms with Crippen molar-refractivity contribution < 1.29 is 4.79 Å². The lowest BCUT2D eigenvalue weighted by Crippen LogP contribution is -2.47. The molecule has 2 amide bonds. The highest BCUT2D eigenvalue weighted by Crippen LogP contribution is 1.99. The van der Waals surface area contributed by atoms with Crippen molar-refractivity contribution in [3.63, 3.8) is 0 Å². The van der Waals surface area contributed by atoms with Crippen LogP contribution in [0.2, 0.25) is 0 Å². The third-order valence-corrected chi connectivity index (χ3v) is 2.64. The normalized spacial score (nSPS) is 11.6. The van der Waals surface area contributed by atoms with Crippen LogP contribution in [-0.2, 0) is 6.54 Å². The topological polar surface area (TPSA) is 82.2 Å². The summed E-state index contributed by atoms with van der Waals surface area (Å²) in [6.07, 6.45) is 0. The Morgan fingerprint density at radius 3 is 2.59 bits per heavy atom. The van der Waals surface area contributed by atoms with Crippen LogP contribution in [0, 0.1) is 5.41 Å². The second kappa shape index (κ2) is 5.89. The number of nitrogens with zero attached hydrogens (tertiary/aromatic N) is 1. The van der Waals surface area contributed by atoms with Gasteiger partial charge in [0.05, 0.1) is 6.04 Å². The maximum atomic E-state index is 11.7. The highest BCUT2D eigenvalue weighted by atomic mass is 16.2. The van der Waals surface area contributed by atoms with Gasteiger partial charge in [-0.1, -0.05) is 30.3 Å². The van der Waals surface area contributed by atoms with Crippen molar-refractivity contribution in [3.05, 3.63) is 35.9 Å². The third-order valence-electron chi connectivity index (χ3n) is 2.64. The Kier molecular flexibility index (Phi) is 4.51. The van der Waals surface area contributed by atoms with Gasteiger partial charge in [-0.05, 0) is 12.5 Å². The molecule has 0 saturated heterocycles. The fraction of sp³-hybridized carbons (Fsp3) is 0.333. The summed E-state index contributed by atoms with van der Waals surface area (Å²) in [5.74, 6) is -0.0256. The largest absolute Gasteiger partial charge is 0.386 e. The molecule has 1 atom stereocenters. The average molecular weight is 234 g/mol. The SMILES string of the molecule is CC(C(=N)N)N(C)C(=O)NCc1ccccc1. The predicted molar refractivity (Wildman–Crippen MR) is 67.8 cm³/mol. The number of amides is 2. The van der Waals surface area contributed by atoms with Crippen molar-refractivity contribution in [1.82, 2.24) is 10.2 Å². The summed E-state index contributed by atoms with van der Waals surface area (Å²) >= 11 is 0. The number of hydrogen-bond donors (Lipinski definition) is 3. The summed E-state index contributed by atoms with van der Waals surface area (Å²) in [5, 5.41) is 10.0. The Balaban J connectivity index is 2.47. The summed E-state index contributed by atoms with van der Waals surface area (Å²) in [6, 6.07) is 9.01. The lowest BCUT2D eigenvalue weighted by Gasteiger charge is -2.24. The maximum absolute atomic E-state index is 11.7. The van der Waals surface area contributed by atoms with Crippen LogP contribution >= 0.6 is 0 Å². The summed E-state index contributed by atoms with van der Waals surface area (Å²) in [4.78, 5) is 13.1. The molecular weight excluding hydrogens is 216 g/mol. The summed E-state index contributed by atoms with van der Waals surface area (Å²) in [6.45, 7) is 2.18. The fourth-order valence-electron chi connectivity index (χ4n) is 1.28. The predicted octanol–water partition coefficient (Wildman–Crippen LogP) is 1.15. The van der Waals surface area contributed by atoms with Gasteiger partial charge in [0.1, 0.15) is 5.84 Å². The molecule has 0 bridgehead atoms. The number of nitrogens with one attached hydrogen (secondary N) is 2. The number of nitrogens with two attached hydrogens (primary N) is 1. The highest BCUT2D eigenvalue weighted by Gasteiger charge is 2.17. The third kappa shape index (κ3) is 3.79. The van der Waals surface area contributed by atoms with Crippen LogP contribution in [0.1, 0.15) is 12.5 Å². The molecule has 0 saturated carbocycles. The zero-order valence-electron chi connectivity index (χ0n) is 10.1. The molecule has 0 aromatic heterocycles. The lowest BCUT2D eigenvalue weighted by molar-refractivity contribution is 0.204. The number of benzene rings is 1. The van der Waals surface area contributed by atoms with E-state index < -0.39 is 6.04 Å². The number of hydrogen-bond acceptors (Lipinski definition) is 2. The number of amidine groups is 1. The second-order valence-corrected chi connectivity index (χ2v) is 3.89. The van der Waals surface area contributed by atoms with E-state index >= 15 is 0 Å². The molecule has 17 heavy (non-hydrogen) atoms. The van der Waals surface area contributed by atoms with Crippen LogP contribution in [0.5, 0.6) is 0 Å². The van der Waals surface area contributed by atoms with Crippen LogP contribution in [-0.4, -0.2) is 29.9 Å². The number of carbonyl (C=O) groups is 1. The Labute approximate surface area is 101 Å². The first kappa shape index (κ1) is 13.0. The fourth-order valence-corrected chi connectivity index (χ4v) is 1.28. The van der Waals surface area contributed by atoms with Gasteiger partial charge in [-0.2, -0.15) is 0 Å². The molecule has 0 radical (unpaired) electrons. The van der Waals surface area contributed by atoms with Crippen molar-refractivity contribution in [2.45, 2.75) is 19.5 Å². The van der Waals surface area contributed by atoms with E-state index in [1.807, 2.05) is 30.3 Å². The first-order chi connectivity index (χ1) is 8.02. The second-order valence-electron chi connectivity index (χ2n) is 3.89. The summed E-state index contributed by atoms with van der Waals surface area (Å²) < 4.78 is 0. The van der Waals surface area contributed by atoms with E-state index in [4.69, 9.17) is 11.1 Å². The monoisotopic (exact) mass is 234 g/mol. The molecule has 0 spiro atoms. The van der Waals surface area contributed by atoms with Crippen LogP contribution < -0.4 is 11.1 Å². The number of rotatable bonds is 4. The number of urea groups is 1. The van der Waals surface area contributed by atoms with Gasteiger partial charge in [-0.15, -0.1) is 0 Å². The lowest BCUT2D eigenvalue weighted by atomic mass is 10.2. The Morgan fingerprint density at radius 1 is 1.47 bits per heavy atom. The molecule has 1 unspecified atom stereocenters. The molecule has 0 fully saturated rings. The van der Waals surface area contributed by atoms with E-state index in [-0.39, 0.29) is 11.9 Å². The van der Waals surface area contributed by atoms with Gasteiger partial charge in [0.2, 0.25) is 0 Å². The number of likely N-dealkylation sites (N-methyl/N-ethyl adjacent to an activating group) is 1. The Morgan fingerprint density at radius 2 is 2.06 bits per heavy atom. The van der Waals surface area contributed by atoms with E-state index in [0.29, 0.717) is 6.54 Å². The number of carbonyl (C=O) groups excluding carboxylic acids is 1. The minimum absolute atomic E-state index is 0.0256. The molecule has 0 aliphatic carbocycles. The van der Waals surface area contributed by atoms with E-state index in [0.717, 1.165) is 5.56 Å². The molecule has 1 rings (SSSR count). The van der Waals surface area contributed by atoms with Crippen molar-refractivity contribution in [3.8, 4) is 0 Å². The zero-order valence-corrected chi connectivity index (χ0v) is 10.1. The molecule has 5 nitrogen and oxygen atoms in total. The van der Waals surface area contributed by atoms with Gasteiger partial charge in [0, 0.05) is 13.6 Å². The molecule has 0 heterocycles. The van der Waals surface area contributed by atoms with Gasteiger partial charge in [0.25, 0.3) is 0 Å². The molecule has 1 aromatic rings. The Hall–Kier alpha value is -2.04. The molecule has 5 heteroatoms. The zero-order chi connectivity index (χ0) is 12.8. The van der Waals surface area contributed by atoms with Gasteiger partial charge in [0.15, 0.2) is 0 Å². The first-order valence-corrected chi connectivity index (χ1v) is 5.41. The van der Waals surface area contributed by atoms with Crippen LogP contribution in [0.15, 0.2) is 30.3 Å². The average Bonchev–Trinajstić information content (AvgIpc) is 2.35. The van der Waals surface area contributed by atoms with Crippen LogP contribution in [0.25, 0.3) is 0 Å².